The van der Waals surface area contributed by atoms with Crippen molar-refractivity contribution < 1.29 is 9.53 Å². The number of hydrogen-bond acceptors (Lipinski definition) is 4. The molecule has 0 radical (unpaired) electrons. The molecule has 0 saturated heterocycles. The minimum Gasteiger partial charge on any atom is -0.496 e. The van der Waals surface area contributed by atoms with E-state index in [9.17, 15) is 4.79 Å². The van der Waals surface area contributed by atoms with Gasteiger partial charge in [0.25, 0.3) is 5.91 Å². The number of methoxy groups -OCH3 is 1. The molecule has 0 spiro atoms. The molecule has 1 aromatic heterocycles. The Morgan fingerprint density at radius 2 is 1.77 bits per heavy atom. The largest absolute Gasteiger partial charge is 0.496 e. The molecule has 26 heavy (non-hydrogen) atoms. The fourth-order valence-corrected chi connectivity index (χ4v) is 2.59. The quantitative estimate of drug-likeness (QED) is 0.682. The Hall–Kier alpha value is -3.34. The molecule has 0 aliphatic rings. The van der Waals surface area contributed by atoms with E-state index in [1.165, 1.54) is 0 Å². The minimum atomic E-state index is -0.140. The van der Waals surface area contributed by atoms with E-state index in [2.05, 4.69) is 15.6 Å². The number of pyridine rings is 1. The lowest BCUT2D eigenvalue weighted by molar-refractivity contribution is 0.0953. The standard InChI is InChI=1S/C21H21N3O2/c1-26-19-10-6-5-7-16(19)13-14-22-21(25)17-11-12-20(23-15-17)24-18-8-3-2-4-9-18/h2-12,15H,13-14H2,1H3,(H,22,25)(H,23,24). The van der Waals surface area contributed by atoms with Gasteiger partial charge in [-0.05, 0) is 42.3 Å². The second-order valence-corrected chi connectivity index (χ2v) is 5.74. The lowest BCUT2D eigenvalue weighted by atomic mass is 10.1. The van der Waals surface area contributed by atoms with Crippen LogP contribution in [0.1, 0.15) is 15.9 Å². The van der Waals surface area contributed by atoms with Crippen molar-refractivity contribution >= 4 is 17.4 Å². The Balaban J connectivity index is 1.53. The van der Waals surface area contributed by atoms with Crippen molar-refractivity contribution in [2.45, 2.75) is 6.42 Å². The molecule has 5 nitrogen and oxygen atoms in total. The van der Waals surface area contributed by atoms with Crippen LogP contribution in [0.2, 0.25) is 0 Å². The van der Waals surface area contributed by atoms with Crippen molar-refractivity contribution in [3.63, 3.8) is 0 Å². The van der Waals surface area contributed by atoms with Crippen LogP contribution >= 0.6 is 0 Å². The highest BCUT2D eigenvalue weighted by Crippen LogP contribution is 2.17. The highest BCUT2D eigenvalue weighted by molar-refractivity contribution is 5.94. The SMILES string of the molecule is COc1ccccc1CCNC(=O)c1ccc(Nc2ccccc2)nc1. The maximum atomic E-state index is 12.3. The summed E-state index contributed by atoms with van der Waals surface area (Å²) in [5.41, 5.74) is 2.55. The minimum absolute atomic E-state index is 0.140. The van der Waals surface area contributed by atoms with Gasteiger partial charge >= 0.3 is 0 Å². The summed E-state index contributed by atoms with van der Waals surface area (Å²) in [7, 11) is 1.65. The number of amides is 1. The van der Waals surface area contributed by atoms with Gasteiger partial charge in [0.2, 0.25) is 0 Å². The zero-order chi connectivity index (χ0) is 18.2. The van der Waals surface area contributed by atoms with Crippen LogP contribution in [0.3, 0.4) is 0 Å². The number of carbonyl (C=O) groups excluding carboxylic acids is 1. The number of carbonyl (C=O) groups is 1. The van der Waals surface area contributed by atoms with Gasteiger partial charge in [0.1, 0.15) is 11.6 Å². The Morgan fingerprint density at radius 3 is 2.50 bits per heavy atom. The lowest BCUT2D eigenvalue weighted by Gasteiger charge is -2.09. The first-order valence-corrected chi connectivity index (χ1v) is 8.44. The predicted octanol–water partition coefficient (Wildman–Crippen LogP) is 3.81. The maximum absolute atomic E-state index is 12.3. The zero-order valence-electron chi connectivity index (χ0n) is 14.6. The average molecular weight is 347 g/mol. The summed E-state index contributed by atoms with van der Waals surface area (Å²) in [6.45, 7) is 0.531. The highest BCUT2D eigenvalue weighted by atomic mass is 16.5. The third kappa shape index (κ3) is 4.60. The highest BCUT2D eigenvalue weighted by Gasteiger charge is 2.07. The van der Waals surface area contributed by atoms with Gasteiger partial charge in [-0.15, -0.1) is 0 Å². The fourth-order valence-electron chi connectivity index (χ4n) is 2.59. The molecule has 0 bridgehead atoms. The first-order chi connectivity index (χ1) is 12.8. The number of nitrogens with one attached hydrogen (secondary N) is 2. The molecule has 3 rings (SSSR count). The molecule has 0 atom stereocenters. The van der Waals surface area contributed by atoms with E-state index in [1.54, 1.807) is 25.4 Å². The molecule has 5 heteroatoms. The molecule has 0 aliphatic heterocycles. The number of rotatable bonds is 7. The van der Waals surface area contributed by atoms with Crippen LogP contribution < -0.4 is 15.4 Å². The average Bonchev–Trinajstić information content (AvgIpc) is 2.69. The van der Waals surface area contributed by atoms with Crippen molar-refractivity contribution in [3.05, 3.63) is 84.1 Å². The summed E-state index contributed by atoms with van der Waals surface area (Å²) < 4.78 is 5.32. The van der Waals surface area contributed by atoms with E-state index in [1.807, 2.05) is 54.6 Å². The van der Waals surface area contributed by atoms with Crippen LogP contribution in [0.4, 0.5) is 11.5 Å². The predicted molar refractivity (Wildman–Crippen MR) is 103 cm³/mol. The fraction of sp³-hybridized carbons (Fsp3) is 0.143. The second-order valence-electron chi connectivity index (χ2n) is 5.74. The number of hydrogen-bond donors (Lipinski definition) is 2. The van der Waals surface area contributed by atoms with Gasteiger partial charge in [-0.25, -0.2) is 4.98 Å². The van der Waals surface area contributed by atoms with Gasteiger partial charge < -0.3 is 15.4 Å². The molecule has 132 valence electrons. The molecular formula is C21H21N3O2. The van der Waals surface area contributed by atoms with Crippen LogP contribution in [0.25, 0.3) is 0 Å². The van der Waals surface area contributed by atoms with Crippen LogP contribution in [0, 0.1) is 0 Å². The van der Waals surface area contributed by atoms with Crippen LogP contribution in [0.15, 0.2) is 72.9 Å². The van der Waals surface area contributed by atoms with Crippen molar-refractivity contribution in [3.8, 4) is 5.75 Å². The Bertz CT molecular complexity index is 849. The smallest absolute Gasteiger partial charge is 0.252 e. The number of benzene rings is 2. The van der Waals surface area contributed by atoms with Gasteiger partial charge in [-0.3, -0.25) is 4.79 Å². The first-order valence-electron chi connectivity index (χ1n) is 8.44. The van der Waals surface area contributed by atoms with Gasteiger partial charge in [-0.1, -0.05) is 36.4 Å². The molecule has 0 saturated carbocycles. The number of para-hydroxylation sites is 2. The van der Waals surface area contributed by atoms with E-state index in [-0.39, 0.29) is 5.91 Å². The topological polar surface area (TPSA) is 63.2 Å². The first kappa shape index (κ1) is 17.5. The van der Waals surface area contributed by atoms with Gasteiger partial charge in [0, 0.05) is 18.4 Å². The molecule has 1 amide bonds. The van der Waals surface area contributed by atoms with Crippen LogP contribution in [-0.4, -0.2) is 24.5 Å². The van der Waals surface area contributed by atoms with E-state index in [4.69, 9.17) is 4.74 Å². The molecule has 0 aliphatic carbocycles. The maximum Gasteiger partial charge on any atom is 0.252 e. The normalized spacial score (nSPS) is 10.2. The van der Waals surface area contributed by atoms with Crippen molar-refractivity contribution in [2.75, 3.05) is 19.0 Å². The molecule has 0 fully saturated rings. The Morgan fingerprint density at radius 1 is 1.00 bits per heavy atom. The van der Waals surface area contributed by atoms with Crippen molar-refractivity contribution in [1.82, 2.24) is 10.3 Å². The van der Waals surface area contributed by atoms with E-state index in [0.717, 1.165) is 17.0 Å². The molecular weight excluding hydrogens is 326 g/mol. The summed E-state index contributed by atoms with van der Waals surface area (Å²) in [6, 6.07) is 21.1. The lowest BCUT2D eigenvalue weighted by Crippen LogP contribution is -2.25. The number of anilines is 2. The summed E-state index contributed by atoms with van der Waals surface area (Å²) in [5, 5.41) is 6.10. The van der Waals surface area contributed by atoms with E-state index < -0.39 is 0 Å². The summed E-state index contributed by atoms with van der Waals surface area (Å²) >= 11 is 0. The molecule has 2 N–H and O–H groups in total. The number of aromatic nitrogens is 1. The third-order valence-electron chi connectivity index (χ3n) is 3.94. The van der Waals surface area contributed by atoms with Crippen LogP contribution in [0.5, 0.6) is 5.75 Å². The summed E-state index contributed by atoms with van der Waals surface area (Å²) in [5.74, 6) is 1.39. The molecule has 2 aromatic carbocycles. The summed E-state index contributed by atoms with van der Waals surface area (Å²) in [4.78, 5) is 16.6. The summed E-state index contributed by atoms with van der Waals surface area (Å²) in [6.07, 6.45) is 2.28. The molecule has 1 heterocycles. The van der Waals surface area contributed by atoms with Crippen molar-refractivity contribution in [1.29, 1.82) is 0 Å². The monoisotopic (exact) mass is 347 g/mol. The van der Waals surface area contributed by atoms with Gasteiger partial charge in [0.05, 0.1) is 12.7 Å². The zero-order valence-corrected chi connectivity index (χ0v) is 14.6. The Kier molecular flexibility index (Phi) is 5.83. The van der Waals surface area contributed by atoms with Crippen molar-refractivity contribution in [2.24, 2.45) is 0 Å². The molecule has 0 unspecified atom stereocenters. The number of nitrogens with zero attached hydrogens (tertiary/aromatic N) is 1. The number of ether oxygens (including phenoxy) is 1. The van der Waals surface area contributed by atoms with E-state index >= 15 is 0 Å². The third-order valence-corrected chi connectivity index (χ3v) is 3.94. The second kappa shape index (κ2) is 8.67. The molecule has 3 aromatic rings. The van der Waals surface area contributed by atoms with Crippen LogP contribution in [-0.2, 0) is 6.42 Å². The van der Waals surface area contributed by atoms with Gasteiger partial charge in [0.15, 0.2) is 0 Å². The Labute approximate surface area is 153 Å². The van der Waals surface area contributed by atoms with E-state index in [0.29, 0.717) is 24.3 Å². The van der Waals surface area contributed by atoms with Gasteiger partial charge in [-0.2, -0.15) is 0 Å².